The van der Waals surface area contributed by atoms with Crippen molar-refractivity contribution in [3.63, 3.8) is 0 Å². The molecule has 0 spiro atoms. The average Bonchev–Trinajstić information content (AvgIpc) is 3.28. The molecule has 3 aromatic carbocycles. The lowest BCUT2D eigenvalue weighted by Gasteiger charge is -2.06. The van der Waals surface area contributed by atoms with Crippen LogP contribution in [-0.4, -0.2) is 39.9 Å². The lowest BCUT2D eigenvalue weighted by Crippen LogP contribution is -2.07. The number of nitrogens with zero attached hydrogens (tertiary/aromatic N) is 1. The van der Waals surface area contributed by atoms with Crippen LogP contribution in [0.2, 0.25) is 0 Å². The number of carboxylic acid groups (broad SMARTS) is 2. The minimum absolute atomic E-state index is 0.0606. The maximum atomic E-state index is 13.5. The predicted molar refractivity (Wildman–Crippen MR) is 152 cm³/mol. The predicted octanol–water partition coefficient (Wildman–Crippen LogP) is 6.46. The molecule has 0 fully saturated rings. The second-order valence-corrected chi connectivity index (χ2v) is 9.09. The quantitative estimate of drug-likeness (QED) is 0.140. The van der Waals surface area contributed by atoms with Gasteiger partial charge in [0.25, 0.3) is 0 Å². The molecule has 0 atom stereocenters. The van der Waals surface area contributed by atoms with Crippen LogP contribution in [0.4, 0.5) is 4.39 Å². The molecule has 0 aliphatic rings. The highest BCUT2D eigenvalue weighted by molar-refractivity contribution is 5.94. The van der Waals surface area contributed by atoms with Gasteiger partial charge >= 0.3 is 11.9 Å². The topological polar surface area (TPSA) is 98.0 Å². The van der Waals surface area contributed by atoms with E-state index in [-0.39, 0.29) is 25.3 Å². The van der Waals surface area contributed by atoms with Gasteiger partial charge in [-0.2, -0.15) is 0 Å². The van der Waals surface area contributed by atoms with Gasteiger partial charge in [-0.25, -0.2) is 4.39 Å². The number of aromatic nitrogens is 1. The number of carbonyl (C=O) groups is 2. The molecule has 0 saturated carbocycles. The average molecular weight is 544 g/mol. The number of halogens is 1. The summed E-state index contributed by atoms with van der Waals surface area (Å²) >= 11 is 0. The Hall–Kier alpha value is -4.85. The van der Waals surface area contributed by atoms with Gasteiger partial charge in [-0.15, -0.1) is 0 Å². The van der Waals surface area contributed by atoms with Crippen molar-refractivity contribution in [3.05, 3.63) is 108 Å². The number of hydrogen-bond donors (Lipinski definition) is 2. The summed E-state index contributed by atoms with van der Waals surface area (Å²) in [5.74, 6) is -1.29. The zero-order valence-electron chi connectivity index (χ0n) is 21.8. The van der Waals surface area contributed by atoms with Gasteiger partial charge in [0.2, 0.25) is 0 Å². The summed E-state index contributed by atoms with van der Waals surface area (Å²) in [5.41, 5.74) is 3.54. The van der Waals surface area contributed by atoms with E-state index in [9.17, 15) is 19.1 Å². The van der Waals surface area contributed by atoms with Crippen LogP contribution in [-0.2, 0) is 22.6 Å². The molecule has 2 N–H and O–H groups in total. The second-order valence-electron chi connectivity index (χ2n) is 9.09. The summed E-state index contributed by atoms with van der Waals surface area (Å²) in [6.07, 6.45) is 10.4. The van der Waals surface area contributed by atoms with Crippen LogP contribution in [0.5, 0.6) is 11.5 Å². The van der Waals surface area contributed by atoms with Crippen molar-refractivity contribution in [1.29, 1.82) is 0 Å². The molecule has 0 unspecified atom stereocenters. The van der Waals surface area contributed by atoms with Crippen molar-refractivity contribution in [2.75, 3.05) is 13.2 Å². The number of rotatable bonds is 14. The molecule has 0 amide bonds. The first-order valence-electron chi connectivity index (χ1n) is 12.9. The Balaban J connectivity index is 1.38. The Morgan fingerprint density at radius 2 is 1.60 bits per heavy atom. The van der Waals surface area contributed by atoms with Crippen molar-refractivity contribution in [3.8, 4) is 11.5 Å². The van der Waals surface area contributed by atoms with Crippen LogP contribution in [0.25, 0.3) is 23.1 Å². The molecule has 7 nitrogen and oxygen atoms in total. The molecular weight excluding hydrogens is 513 g/mol. The van der Waals surface area contributed by atoms with Gasteiger partial charge in [-0.3, -0.25) is 9.59 Å². The van der Waals surface area contributed by atoms with Crippen LogP contribution < -0.4 is 9.47 Å². The molecule has 0 aliphatic carbocycles. The number of hydrogen-bond acceptors (Lipinski definition) is 4. The van der Waals surface area contributed by atoms with E-state index in [1.54, 1.807) is 34.9 Å². The molecular formula is C32H30FNO6. The largest absolute Gasteiger partial charge is 0.490 e. The van der Waals surface area contributed by atoms with E-state index in [0.717, 1.165) is 27.6 Å². The third-order valence-electron chi connectivity index (χ3n) is 6.17. The molecule has 0 saturated heterocycles. The lowest BCUT2D eigenvalue weighted by molar-refractivity contribution is -0.138. The summed E-state index contributed by atoms with van der Waals surface area (Å²) in [6, 6.07) is 19.6. The molecule has 4 aromatic rings. The van der Waals surface area contributed by atoms with E-state index in [1.807, 2.05) is 60.8 Å². The maximum absolute atomic E-state index is 13.5. The molecule has 8 heteroatoms. The van der Waals surface area contributed by atoms with E-state index >= 15 is 0 Å². The molecule has 1 heterocycles. The van der Waals surface area contributed by atoms with E-state index in [0.29, 0.717) is 25.2 Å². The number of aryl methyl sites for hydroxylation is 1. The first-order valence-corrected chi connectivity index (χ1v) is 12.9. The number of benzene rings is 3. The van der Waals surface area contributed by atoms with Crippen LogP contribution in [0.3, 0.4) is 0 Å². The van der Waals surface area contributed by atoms with E-state index in [2.05, 4.69) is 0 Å². The normalized spacial score (nSPS) is 11.4. The van der Waals surface area contributed by atoms with Crippen molar-refractivity contribution in [2.45, 2.75) is 25.8 Å². The first kappa shape index (κ1) is 28.2. The summed E-state index contributed by atoms with van der Waals surface area (Å²) in [5, 5.41) is 19.3. The smallest absolute Gasteiger partial charge is 0.323 e. The standard InChI is InChI=1S/C32H30FNO6/c33-28-10-1-2-11-29(28)40-20-4-3-19-39-26-17-14-23(15-18-26)13-16-24-7-5-9-27-25(8-6-12-30(35)36)21-34(32(24)27)22-31(37)38/h1-5,7,9-11,13-18,21H,6,8,12,19-20,22H2,(H,35,36)(H,37,38). The maximum Gasteiger partial charge on any atom is 0.323 e. The Morgan fingerprint density at radius 3 is 2.33 bits per heavy atom. The van der Waals surface area contributed by atoms with Crippen molar-refractivity contribution in [1.82, 2.24) is 4.57 Å². The molecule has 4 rings (SSSR count). The minimum atomic E-state index is -0.948. The van der Waals surface area contributed by atoms with Crippen LogP contribution >= 0.6 is 0 Å². The number of para-hydroxylation sites is 2. The molecule has 40 heavy (non-hydrogen) atoms. The fourth-order valence-electron chi connectivity index (χ4n) is 4.34. The third-order valence-corrected chi connectivity index (χ3v) is 6.17. The molecule has 0 bridgehead atoms. The SMILES string of the molecule is O=C(O)CCCc1cn(CC(=O)O)c2c(C=Cc3ccc(OCC=CCOc4ccccc4F)cc3)cccc12. The van der Waals surface area contributed by atoms with Gasteiger partial charge in [0, 0.05) is 18.0 Å². The van der Waals surface area contributed by atoms with E-state index in [1.165, 1.54) is 6.07 Å². The van der Waals surface area contributed by atoms with Gasteiger partial charge in [0.05, 0.1) is 5.52 Å². The summed E-state index contributed by atoms with van der Waals surface area (Å²) in [6.45, 7) is 0.393. The molecule has 0 radical (unpaired) electrons. The number of ether oxygens (including phenoxy) is 2. The van der Waals surface area contributed by atoms with E-state index < -0.39 is 17.8 Å². The summed E-state index contributed by atoms with van der Waals surface area (Å²) in [7, 11) is 0. The summed E-state index contributed by atoms with van der Waals surface area (Å²) in [4.78, 5) is 22.4. The van der Waals surface area contributed by atoms with Gasteiger partial charge in [-0.05, 0) is 65.9 Å². The van der Waals surface area contributed by atoms with Crippen molar-refractivity contribution < 1.29 is 33.7 Å². The van der Waals surface area contributed by atoms with Gasteiger partial charge in [-0.1, -0.05) is 54.6 Å². The highest BCUT2D eigenvalue weighted by Crippen LogP contribution is 2.28. The Labute approximate surface area is 231 Å². The fraction of sp³-hybridized carbons (Fsp3) is 0.188. The molecule has 206 valence electrons. The van der Waals surface area contributed by atoms with Gasteiger partial charge in [0.1, 0.15) is 25.5 Å². The fourth-order valence-corrected chi connectivity index (χ4v) is 4.34. The van der Waals surface area contributed by atoms with Crippen LogP contribution in [0, 0.1) is 5.82 Å². The van der Waals surface area contributed by atoms with Gasteiger partial charge < -0.3 is 24.3 Å². The monoisotopic (exact) mass is 543 g/mol. The summed E-state index contributed by atoms with van der Waals surface area (Å²) < 4.78 is 26.4. The molecule has 1 aromatic heterocycles. The number of fused-ring (bicyclic) bond motifs is 1. The Bertz CT molecular complexity index is 1520. The third kappa shape index (κ3) is 7.83. The van der Waals surface area contributed by atoms with E-state index in [4.69, 9.17) is 14.6 Å². The van der Waals surface area contributed by atoms with Crippen molar-refractivity contribution in [2.24, 2.45) is 0 Å². The zero-order chi connectivity index (χ0) is 28.3. The highest BCUT2D eigenvalue weighted by Gasteiger charge is 2.13. The Kier molecular flexibility index (Phi) is 9.72. The highest BCUT2D eigenvalue weighted by atomic mass is 19.1. The van der Waals surface area contributed by atoms with Crippen molar-refractivity contribution >= 4 is 35.0 Å². The number of carboxylic acids is 2. The van der Waals surface area contributed by atoms with Crippen LogP contribution in [0.15, 0.2) is 85.1 Å². The zero-order valence-corrected chi connectivity index (χ0v) is 21.8. The molecule has 0 aliphatic heterocycles. The van der Waals surface area contributed by atoms with Crippen LogP contribution in [0.1, 0.15) is 29.5 Å². The minimum Gasteiger partial charge on any atom is -0.490 e. The lowest BCUT2D eigenvalue weighted by atomic mass is 10.0. The first-order chi connectivity index (χ1) is 19.4. The Morgan fingerprint density at radius 1 is 0.850 bits per heavy atom. The van der Waals surface area contributed by atoms with Gasteiger partial charge in [0.15, 0.2) is 11.6 Å². The number of aliphatic carboxylic acids is 2. The second kappa shape index (κ2) is 13.8.